The van der Waals surface area contributed by atoms with Crippen molar-refractivity contribution in [1.29, 1.82) is 0 Å². The molecule has 0 bridgehead atoms. The summed E-state index contributed by atoms with van der Waals surface area (Å²) in [4.78, 5) is 15.5. The molecule has 0 fully saturated rings. The molecule has 0 aliphatic carbocycles. The average molecular weight is 276 g/mol. The maximum Gasteiger partial charge on any atom is 0.311 e. The van der Waals surface area contributed by atoms with E-state index in [4.69, 9.17) is 0 Å². The Morgan fingerprint density at radius 2 is 2.16 bits per heavy atom. The molecule has 1 aromatic carbocycles. The number of thiazole rings is 1. The van der Waals surface area contributed by atoms with Gasteiger partial charge in [-0.2, -0.15) is 0 Å². The Hall–Kier alpha value is -1.88. The zero-order valence-corrected chi connectivity index (χ0v) is 11.7. The Bertz CT molecular complexity index is 539. The van der Waals surface area contributed by atoms with E-state index in [0.717, 1.165) is 10.8 Å². The zero-order chi connectivity index (χ0) is 13.7. The van der Waals surface area contributed by atoms with Gasteiger partial charge in [0.05, 0.1) is 25.3 Å². The van der Waals surface area contributed by atoms with Gasteiger partial charge in [0.25, 0.3) is 0 Å². The van der Waals surface area contributed by atoms with Gasteiger partial charge in [-0.1, -0.05) is 30.3 Å². The summed E-state index contributed by atoms with van der Waals surface area (Å²) in [5.74, 6) is -0.270. The molecule has 0 unspecified atom stereocenters. The van der Waals surface area contributed by atoms with Crippen LogP contribution in [-0.4, -0.2) is 18.1 Å². The van der Waals surface area contributed by atoms with Crippen molar-refractivity contribution in [2.45, 2.75) is 19.4 Å². The van der Waals surface area contributed by atoms with Crippen LogP contribution in [0.1, 0.15) is 24.2 Å². The molecule has 1 atom stereocenters. The number of aromatic nitrogens is 1. The van der Waals surface area contributed by atoms with E-state index in [0.29, 0.717) is 0 Å². The minimum absolute atomic E-state index is 0.179. The van der Waals surface area contributed by atoms with Gasteiger partial charge in [-0.15, -0.1) is 11.3 Å². The van der Waals surface area contributed by atoms with Crippen LogP contribution >= 0.6 is 11.3 Å². The highest BCUT2D eigenvalue weighted by Crippen LogP contribution is 2.22. The maximum atomic E-state index is 11.2. The number of nitrogens with zero attached hydrogens (tertiary/aromatic N) is 1. The van der Waals surface area contributed by atoms with E-state index >= 15 is 0 Å². The smallest absolute Gasteiger partial charge is 0.311 e. The zero-order valence-electron chi connectivity index (χ0n) is 10.9. The predicted octanol–water partition coefficient (Wildman–Crippen LogP) is 3.03. The molecule has 0 aliphatic heterocycles. The number of hydrogen-bond donors (Lipinski definition) is 1. The highest BCUT2D eigenvalue weighted by atomic mass is 32.1. The van der Waals surface area contributed by atoms with E-state index in [2.05, 4.69) is 34.1 Å². The Morgan fingerprint density at radius 1 is 1.42 bits per heavy atom. The first kappa shape index (κ1) is 13.5. The van der Waals surface area contributed by atoms with E-state index < -0.39 is 0 Å². The molecule has 19 heavy (non-hydrogen) atoms. The third-order valence-electron chi connectivity index (χ3n) is 2.74. The predicted molar refractivity (Wildman–Crippen MR) is 76.3 cm³/mol. The second-order valence-electron chi connectivity index (χ2n) is 4.17. The Kier molecular flexibility index (Phi) is 4.52. The van der Waals surface area contributed by atoms with Crippen molar-refractivity contribution >= 4 is 22.4 Å². The molecule has 5 heteroatoms. The lowest BCUT2D eigenvalue weighted by molar-refractivity contribution is -0.139. The van der Waals surface area contributed by atoms with Crippen LogP contribution < -0.4 is 5.32 Å². The van der Waals surface area contributed by atoms with E-state index in [1.165, 1.54) is 24.0 Å². The number of carbonyl (C=O) groups excluding carboxylic acids is 1. The summed E-state index contributed by atoms with van der Waals surface area (Å²) in [6, 6.07) is 10.3. The number of benzene rings is 1. The highest BCUT2D eigenvalue weighted by molar-refractivity contribution is 7.13. The number of anilines is 1. The molecule has 0 aliphatic rings. The number of nitrogens with one attached hydrogen (secondary N) is 1. The Morgan fingerprint density at radius 3 is 2.84 bits per heavy atom. The first-order valence-electron chi connectivity index (χ1n) is 6.01. The van der Waals surface area contributed by atoms with Crippen LogP contribution in [0.2, 0.25) is 0 Å². The van der Waals surface area contributed by atoms with Crippen molar-refractivity contribution in [3.05, 3.63) is 47.0 Å². The molecular weight excluding hydrogens is 260 g/mol. The summed E-state index contributed by atoms with van der Waals surface area (Å²) in [5, 5.41) is 6.01. The number of hydrogen-bond acceptors (Lipinski definition) is 5. The van der Waals surface area contributed by atoms with Crippen molar-refractivity contribution in [2.75, 3.05) is 12.4 Å². The van der Waals surface area contributed by atoms with Crippen LogP contribution in [0.3, 0.4) is 0 Å². The SMILES string of the molecule is COC(=O)Cc1csc(N[C@H](C)c2ccccc2)n1. The van der Waals surface area contributed by atoms with Gasteiger partial charge in [0.1, 0.15) is 0 Å². The van der Waals surface area contributed by atoms with Crippen LogP contribution in [0, 0.1) is 0 Å². The molecule has 0 spiro atoms. The summed E-state index contributed by atoms with van der Waals surface area (Å²) < 4.78 is 4.62. The maximum absolute atomic E-state index is 11.2. The molecule has 1 heterocycles. The van der Waals surface area contributed by atoms with Gasteiger partial charge in [0.15, 0.2) is 5.13 Å². The second kappa shape index (κ2) is 6.33. The van der Waals surface area contributed by atoms with Crippen LogP contribution in [0.5, 0.6) is 0 Å². The van der Waals surface area contributed by atoms with Crippen molar-refractivity contribution in [1.82, 2.24) is 4.98 Å². The van der Waals surface area contributed by atoms with E-state index in [9.17, 15) is 4.79 Å². The van der Waals surface area contributed by atoms with Crippen LogP contribution in [0.25, 0.3) is 0 Å². The van der Waals surface area contributed by atoms with Crippen molar-refractivity contribution in [2.24, 2.45) is 0 Å². The summed E-state index contributed by atoms with van der Waals surface area (Å²) in [7, 11) is 1.38. The van der Waals surface area contributed by atoms with Crippen LogP contribution in [0.15, 0.2) is 35.7 Å². The number of methoxy groups -OCH3 is 1. The largest absolute Gasteiger partial charge is 0.469 e. The van der Waals surface area contributed by atoms with E-state index in [1.54, 1.807) is 0 Å². The molecule has 2 aromatic rings. The van der Waals surface area contributed by atoms with Crippen molar-refractivity contribution in [3.8, 4) is 0 Å². The summed E-state index contributed by atoms with van der Waals surface area (Å²) >= 11 is 1.50. The van der Waals surface area contributed by atoms with Crippen LogP contribution in [0.4, 0.5) is 5.13 Å². The monoisotopic (exact) mass is 276 g/mol. The standard InChI is InChI=1S/C14H16N2O2S/c1-10(11-6-4-3-5-7-11)15-14-16-12(9-19-14)8-13(17)18-2/h3-7,9-10H,8H2,1-2H3,(H,15,16)/t10-/m1/s1. The molecule has 100 valence electrons. The molecule has 0 saturated carbocycles. The number of carbonyl (C=O) groups is 1. The normalized spacial score (nSPS) is 11.9. The number of ether oxygens (including phenoxy) is 1. The number of esters is 1. The third-order valence-corrected chi connectivity index (χ3v) is 3.57. The van der Waals surface area contributed by atoms with Gasteiger partial charge in [-0.25, -0.2) is 4.98 Å². The molecule has 0 radical (unpaired) electrons. The fourth-order valence-corrected chi connectivity index (χ4v) is 2.48. The molecular formula is C14H16N2O2S. The fourth-order valence-electron chi connectivity index (χ4n) is 1.68. The summed E-state index contributed by atoms with van der Waals surface area (Å²) in [5.41, 5.74) is 1.94. The molecule has 0 saturated heterocycles. The lowest BCUT2D eigenvalue weighted by Crippen LogP contribution is -2.07. The number of rotatable bonds is 5. The minimum Gasteiger partial charge on any atom is -0.469 e. The Labute approximate surface area is 116 Å². The molecule has 1 N–H and O–H groups in total. The highest BCUT2D eigenvalue weighted by Gasteiger charge is 2.10. The second-order valence-corrected chi connectivity index (χ2v) is 5.03. The topological polar surface area (TPSA) is 51.2 Å². The quantitative estimate of drug-likeness (QED) is 0.853. The first-order chi connectivity index (χ1) is 9.19. The average Bonchev–Trinajstić information content (AvgIpc) is 2.86. The van der Waals surface area contributed by atoms with Crippen LogP contribution in [-0.2, 0) is 16.0 Å². The fraction of sp³-hybridized carbons (Fsp3) is 0.286. The molecule has 2 rings (SSSR count). The lowest BCUT2D eigenvalue weighted by atomic mass is 10.1. The summed E-state index contributed by atoms with van der Waals surface area (Å²) in [6.07, 6.45) is 0.217. The molecule has 1 aromatic heterocycles. The van der Waals surface area contributed by atoms with Gasteiger partial charge >= 0.3 is 5.97 Å². The summed E-state index contributed by atoms with van der Waals surface area (Å²) in [6.45, 7) is 2.08. The van der Waals surface area contributed by atoms with Gasteiger partial charge in [-0.3, -0.25) is 4.79 Å². The molecule has 0 amide bonds. The third kappa shape index (κ3) is 3.79. The first-order valence-corrected chi connectivity index (χ1v) is 6.89. The Balaban J connectivity index is 1.98. The van der Waals surface area contributed by atoms with E-state index in [1.807, 2.05) is 23.6 Å². The van der Waals surface area contributed by atoms with Gasteiger partial charge in [0, 0.05) is 5.38 Å². The van der Waals surface area contributed by atoms with Crippen molar-refractivity contribution < 1.29 is 9.53 Å². The van der Waals surface area contributed by atoms with Crippen molar-refractivity contribution in [3.63, 3.8) is 0 Å². The lowest BCUT2D eigenvalue weighted by Gasteiger charge is -2.12. The van der Waals surface area contributed by atoms with E-state index in [-0.39, 0.29) is 18.4 Å². The molecule has 4 nitrogen and oxygen atoms in total. The van der Waals surface area contributed by atoms with Gasteiger partial charge in [0.2, 0.25) is 0 Å². The minimum atomic E-state index is -0.270. The van der Waals surface area contributed by atoms with Gasteiger partial charge in [-0.05, 0) is 12.5 Å². The van der Waals surface area contributed by atoms with Gasteiger partial charge < -0.3 is 10.1 Å².